The van der Waals surface area contributed by atoms with Gasteiger partial charge in [-0.2, -0.15) is 0 Å². The highest BCUT2D eigenvalue weighted by atomic mass is 16.6. The molecule has 2 saturated heterocycles. The van der Waals surface area contributed by atoms with Crippen LogP contribution in [0.15, 0.2) is 48.1 Å². The minimum Gasteiger partial charge on any atom is -0.458 e. The highest BCUT2D eigenvalue weighted by Crippen LogP contribution is 2.48. The number of rotatable bonds is 4. The van der Waals surface area contributed by atoms with Crippen molar-refractivity contribution in [1.82, 2.24) is 0 Å². The Hall–Kier alpha value is -2.67. The van der Waals surface area contributed by atoms with E-state index in [0.717, 1.165) is 0 Å². The van der Waals surface area contributed by atoms with Crippen molar-refractivity contribution in [3.63, 3.8) is 0 Å². The molecule has 0 radical (unpaired) electrons. The number of carbonyl (C=O) groups excluding carboxylic acids is 3. The summed E-state index contributed by atoms with van der Waals surface area (Å²) in [6, 6.07) is 0. The third kappa shape index (κ3) is 4.26. The summed E-state index contributed by atoms with van der Waals surface area (Å²) in [7, 11) is 0. The highest BCUT2D eigenvalue weighted by molar-refractivity contribution is 5.92. The van der Waals surface area contributed by atoms with Gasteiger partial charge in [-0.3, -0.25) is 0 Å². The maximum atomic E-state index is 12.3. The lowest BCUT2D eigenvalue weighted by Gasteiger charge is -2.29. The second-order valence-corrected chi connectivity index (χ2v) is 8.59. The molecule has 7 heteroatoms. The number of ether oxygens (including phenoxy) is 4. The van der Waals surface area contributed by atoms with Crippen LogP contribution in [0.2, 0.25) is 0 Å². The van der Waals surface area contributed by atoms with E-state index in [9.17, 15) is 14.4 Å². The quantitative estimate of drug-likeness (QED) is 0.229. The fraction of sp³-hybridized carbons (Fsp3) is 0.522. The Bertz CT molecular complexity index is 867. The maximum absolute atomic E-state index is 12.3. The van der Waals surface area contributed by atoms with E-state index in [2.05, 4.69) is 19.7 Å². The molecule has 0 bridgehead atoms. The third-order valence-electron chi connectivity index (χ3n) is 5.87. The van der Waals surface area contributed by atoms with Gasteiger partial charge in [-0.25, -0.2) is 14.4 Å². The molecule has 0 spiro atoms. The second kappa shape index (κ2) is 7.87. The van der Waals surface area contributed by atoms with Crippen molar-refractivity contribution in [2.24, 2.45) is 5.92 Å². The Balaban J connectivity index is 1.98. The van der Waals surface area contributed by atoms with Gasteiger partial charge in [-0.05, 0) is 39.3 Å². The normalized spacial score (nSPS) is 35.2. The minimum absolute atomic E-state index is 0.197. The molecule has 0 aromatic rings. The van der Waals surface area contributed by atoms with Gasteiger partial charge in [-0.1, -0.05) is 19.7 Å². The van der Waals surface area contributed by atoms with Crippen LogP contribution >= 0.6 is 0 Å². The zero-order valence-electron chi connectivity index (χ0n) is 17.9. The lowest BCUT2D eigenvalue weighted by atomic mass is 9.82. The van der Waals surface area contributed by atoms with Crippen molar-refractivity contribution in [3.8, 4) is 0 Å². The summed E-state index contributed by atoms with van der Waals surface area (Å²) in [4.78, 5) is 36.7. The number of esters is 3. The lowest BCUT2D eigenvalue weighted by Crippen LogP contribution is -2.38. The van der Waals surface area contributed by atoms with Crippen LogP contribution < -0.4 is 0 Å². The zero-order valence-corrected chi connectivity index (χ0v) is 17.9. The van der Waals surface area contributed by atoms with Crippen LogP contribution in [0.25, 0.3) is 0 Å². The lowest BCUT2D eigenvalue weighted by molar-refractivity contribution is -0.149. The molecule has 0 amide bonds. The standard InChI is InChI=1S/C23H28O7/c1-11(2)20(24)27-15-9-18-23(7,30-18)10-17(29-21(25)12(3)4)19-14(6)22(26)28-16(19)8-13(15)5/h8,15-19H,1,3,6,9-10H2,2,4-5,7H3. The third-order valence-corrected chi connectivity index (χ3v) is 5.87. The van der Waals surface area contributed by atoms with Gasteiger partial charge in [0.15, 0.2) is 0 Å². The molecule has 0 saturated carbocycles. The Labute approximate surface area is 176 Å². The van der Waals surface area contributed by atoms with E-state index < -0.39 is 47.7 Å². The molecule has 2 heterocycles. The fourth-order valence-electron chi connectivity index (χ4n) is 3.95. The van der Waals surface area contributed by atoms with Gasteiger partial charge in [0.05, 0.1) is 17.6 Å². The molecule has 30 heavy (non-hydrogen) atoms. The Morgan fingerprint density at radius 1 is 1.17 bits per heavy atom. The van der Waals surface area contributed by atoms with Crippen molar-refractivity contribution in [2.75, 3.05) is 0 Å². The summed E-state index contributed by atoms with van der Waals surface area (Å²) in [5.74, 6) is -2.16. The number of hydrogen-bond donors (Lipinski definition) is 0. The molecule has 2 fully saturated rings. The number of carbonyl (C=O) groups is 3. The first-order valence-electron chi connectivity index (χ1n) is 9.92. The summed E-state index contributed by atoms with van der Waals surface area (Å²) in [5.41, 5.74) is 0.912. The topological polar surface area (TPSA) is 91.4 Å². The molecule has 3 aliphatic rings. The van der Waals surface area contributed by atoms with Gasteiger partial charge >= 0.3 is 17.9 Å². The molecule has 0 N–H and O–H groups in total. The van der Waals surface area contributed by atoms with Crippen LogP contribution in [0, 0.1) is 5.92 Å². The van der Waals surface area contributed by atoms with Crippen LogP contribution in [0.3, 0.4) is 0 Å². The summed E-state index contributed by atoms with van der Waals surface area (Å²) in [6.07, 6.45) is 0.405. The van der Waals surface area contributed by atoms with Gasteiger partial charge in [0.25, 0.3) is 0 Å². The average molecular weight is 416 g/mol. The molecular formula is C23H28O7. The maximum Gasteiger partial charge on any atom is 0.334 e. The molecule has 0 aromatic carbocycles. The van der Waals surface area contributed by atoms with E-state index in [0.29, 0.717) is 24.0 Å². The van der Waals surface area contributed by atoms with Crippen LogP contribution in [0.5, 0.6) is 0 Å². The molecule has 0 aromatic heterocycles. The molecule has 162 valence electrons. The molecular weight excluding hydrogens is 388 g/mol. The zero-order chi connectivity index (χ0) is 22.4. The van der Waals surface area contributed by atoms with E-state index in [-0.39, 0.29) is 17.3 Å². The van der Waals surface area contributed by atoms with Crippen molar-refractivity contribution < 1.29 is 33.3 Å². The van der Waals surface area contributed by atoms with Crippen LogP contribution in [0.4, 0.5) is 0 Å². The van der Waals surface area contributed by atoms with Crippen molar-refractivity contribution in [2.45, 2.75) is 70.6 Å². The van der Waals surface area contributed by atoms with E-state index in [4.69, 9.17) is 18.9 Å². The molecule has 6 unspecified atom stereocenters. The van der Waals surface area contributed by atoms with Crippen LogP contribution in [0.1, 0.15) is 40.5 Å². The van der Waals surface area contributed by atoms with E-state index in [1.54, 1.807) is 26.8 Å². The first-order chi connectivity index (χ1) is 13.9. The predicted octanol–water partition coefficient (Wildman–Crippen LogP) is 2.96. The van der Waals surface area contributed by atoms with Crippen molar-refractivity contribution in [1.29, 1.82) is 0 Å². The second-order valence-electron chi connectivity index (χ2n) is 8.59. The van der Waals surface area contributed by atoms with E-state index >= 15 is 0 Å². The van der Waals surface area contributed by atoms with Crippen LogP contribution in [-0.2, 0) is 33.3 Å². The number of epoxide rings is 1. The number of hydrogen-bond acceptors (Lipinski definition) is 7. The minimum atomic E-state index is -0.696. The largest absolute Gasteiger partial charge is 0.458 e. The molecule has 3 rings (SSSR count). The highest BCUT2D eigenvalue weighted by Gasteiger charge is 2.58. The Morgan fingerprint density at radius 2 is 1.77 bits per heavy atom. The summed E-state index contributed by atoms with van der Waals surface area (Å²) in [5, 5.41) is 0. The van der Waals surface area contributed by atoms with Crippen molar-refractivity contribution >= 4 is 17.9 Å². The van der Waals surface area contributed by atoms with Crippen molar-refractivity contribution in [3.05, 3.63) is 48.1 Å². The Morgan fingerprint density at radius 3 is 2.37 bits per heavy atom. The average Bonchev–Trinajstić information content (AvgIpc) is 3.18. The van der Waals surface area contributed by atoms with E-state index in [1.807, 2.05) is 6.92 Å². The van der Waals surface area contributed by atoms with Gasteiger partial charge in [0.1, 0.15) is 18.3 Å². The summed E-state index contributed by atoms with van der Waals surface area (Å²) >= 11 is 0. The molecule has 7 nitrogen and oxygen atoms in total. The van der Waals surface area contributed by atoms with Gasteiger partial charge in [0, 0.05) is 29.6 Å². The van der Waals surface area contributed by atoms with Gasteiger partial charge < -0.3 is 18.9 Å². The predicted molar refractivity (Wildman–Crippen MR) is 108 cm³/mol. The number of fused-ring (bicyclic) bond motifs is 2. The van der Waals surface area contributed by atoms with Gasteiger partial charge in [-0.15, -0.1) is 0 Å². The van der Waals surface area contributed by atoms with Crippen LogP contribution in [-0.4, -0.2) is 47.9 Å². The summed E-state index contributed by atoms with van der Waals surface area (Å²) in [6.45, 7) is 18.0. The smallest absolute Gasteiger partial charge is 0.334 e. The van der Waals surface area contributed by atoms with E-state index in [1.165, 1.54) is 0 Å². The first kappa shape index (κ1) is 22.0. The summed E-state index contributed by atoms with van der Waals surface area (Å²) < 4.78 is 22.8. The van der Waals surface area contributed by atoms with Gasteiger partial charge in [0.2, 0.25) is 0 Å². The Kier molecular flexibility index (Phi) is 5.78. The molecule has 6 atom stereocenters. The SMILES string of the molecule is C=C(C)C(=O)OC1CC2OC2(C)CC(OC(=O)C(=C)C)C2C(=C)C(=O)OC2C=C1C. The first-order valence-corrected chi connectivity index (χ1v) is 9.92. The molecule has 1 aliphatic carbocycles. The molecule has 2 aliphatic heterocycles. The fourth-order valence-corrected chi connectivity index (χ4v) is 3.95. The monoisotopic (exact) mass is 416 g/mol.